The SMILES string of the molecule is O=C(NC(CC(=O)C1CCOC1)C(=O)O)OCC1c2ccccc2-c2ccccc21. The quantitative estimate of drug-likeness (QED) is 0.729. The number of carbonyl (C=O) groups excluding carboxylic acids is 2. The molecule has 1 fully saturated rings. The van der Waals surface area contributed by atoms with Crippen molar-refractivity contribution in [3.05, 3.63) is 59.7 Å². The number of Topliss-reactive ketones (excluding diaryl/α,β-unsaturated/α-hetero) is 1. The molecule has 2 N–H and O–H groups in total. The van der Waals surface area contributed by atoms with E-state index in [1.807, 2.05) is 48.5 Å². The number of carboxylic acid groups (broad SMARTS) is 1. The fourth-order valence-electron chi connectivity index (χ4n) is 4.14. The summed E-state index contributed by atoms with van der Waals surface area (Å²) in [6, 6.07) is 14.6. The van der Waals surface area contributed by atoms with E-state index in [1.165, 1.54) is 0 Å². The maximum absolute atomic E-state index is 12.3. The molecule has 0 aromatic heterocycles. The highest BCUT2D eigenvalue weighted by Gasteiger charge is 2.32. The van der Waals surface area contributed by atoms with Crippen LogP contribution in [0.25, 0.3) is 11.1 Å². The monoisotopic (exact) mass is 409 g/mol. The van der Waals surface area contributed by atoms with Gasteiger partial charge in [-0.2, -0.15) is 0 Å². The molecule has 156 valence electrons. The molecule has 0 bridgehead atoms. The number of hydrogen-bond donors (Lipinski definition) is 2. The predicted molar refractivity (Wildman–Crippen MR) is 108 cm³/mol. The minimum absolute atomic E-state index is 0.0800. The number of hydrogen-bond acceptors (Lipinski definition) is 5. The molecule has 30 heavy (non-hydrogen) atoms. The van der Waals surface area contributed by atoms with E-state index in [2.05, 4.69) is 5.32 Å². The van der Waals surface area contributed by atoms with Gasteiger partial charge >= 0.3 is 12.1 Å². The minimum Gasteiger partial charge on any atom is -0.480 e. The Morgan fingerprint density at radius 1 is 1.07 bits per heavy atom. The van der Waals surface area contributed by atoms with Gasteiger partial charge in [-0.3, -0.25) is 4.79 Å². The van der Waals surface area contributed by atoms with Crippen LogP contribution < -0.4 is 5.32 Å². The molecular weight excluding hydrogens is 386 g/mol. The van der Waals surface area contributed by atoms with Gasteiger partial charge in [-0.1, -0.05) is 48.5 Å². The maximum Gasteiger partial charge on any atom is 0.407 e. The average Bonchev–Trinajstić information content (AvgIpc) is 3.39. The molecule has 1 heterocycles. The van der Waals surface area contributed by atoms with Gasteiger partial charge in [0.05, 0.1) is 6.61 Å². The normalized spacial score (nSPS) is 18.3. The van der Waals surface area contributed by atoms with Crippen molar-refractivity contribution < 1.29 is 29.0 Å². The summed E-state index contributed by atoms with van der Waals surface area (Å²) in [6.07, 6.45) is -0.552. The molecule has 7 nitrogen and oxygen atoms in total. The van der Waals surface area contributed by atoms with E-state index < -0.39 is 18.1 Å². The van der Waals surface area contributed by atoms with Crippen LogP contribution in [0.4, 0.5) is 4.79 Å². The molecular formula is C23H23NO6. The lowest BCUT2D eigenvalue weighted by molar-refractivity contribution is -0.141. The Kier molecular flexibility index (Phi) is 5.81. The van der Waals surface area contributed by atoms with Gasteiger partial charge in [0.25, 0.3) is 0 Å². The van der Waals surface area contributed by atoms with Crippen molar-refractivity contribution in [3.8, 4) is 11.1 Å². The van der Waals surface area contributed by atoms with Crippen LogP contribution in [0.5, 0.6) is 0 Å². The van der Waals surface area contributed by atoms with Gasteiger partial charge in [0, 0.05) is 24.9 Å². The van der Waals surface area contributed by atoms with Crippen LogP contribution in [-0.4, -0.2) is 48.8 Å². The van der Waals surface area contributed by atoms with Gasteiger partial charge in [0.2, 0.25) is 0 Å². The molecule has 1 aliphatic heterocycles. The molecule has 2 atom stereocenters. The lowest BCUT2D eigenvalue weighted by Crippen LogP contribution is -2.43. The van der Waals surface area contributed by atoms with Crippen molar-refractivity contribution in [3.63, 3.8) is 0 Å². The van der Waals surface area contributed by atoms with E-state index in [0.29, 0.717) is 19.6 Å². The average molecular weight is 409 g/mol. The van der Waals surface area contributed by atoms with Crippen LogP contribution >= 0.6 is 0 Å². The van der Waals surface area contributed by atoms with Crippen LogP contribution in [0.2, 0.25) is 0 Å². The number of nitrogens with one attached hydrogen (secondary N) is 1. The number of ketones is 1. The standard InChI is InChI=1S/C23H23NO6/c25-21(14-9-10-29-12-14)11-20(22(26)27)24-23(28)30-13-19-17-7-3-1-5-15(17)16-6-2-4-8-18(16)19/h1-8,14,19-20H,9-13H2,(H,24,28)(H,26,27). The van der Waals surface area contributed by atoms with Gasteiger partial charge in [-0.05, 0) is 28.7 Å². The highest BCUT2D eigenvalue weighted by molar-refractivity contribution is 5.89. The van der Waals surface area contributed by atoms with Gasteiger partial charge in [-0.15, -0.1) is 0 Å². The van der Waals surface area contributed by atoms with Crippen molar-refractivity contribution >= 4 is 17.8 Å². The van der Waals surface area contributed by atoms with Crippen molar-refractivity contribution in [2.45, 2.75) is 24.8 Å². The van der Waals surface area contributed by atoms with E-state index in [0.717, 1.165) is 22.3 Å². The number of carboxylic acids is 1. The molecule has 1 aliphatic carbocycles. The second-order valence-electron chi connectivity index (χ2n) is 7.59. The van der Waals surface area contributed by atoms with Crippen LogP contribution in [0.1, 0.15) is 29.9 Å². The third kappa shape index (κ3) is 4.07. The first kappa shape index (κ1) is 20.1. The Hall–Kier alpha value is -3.19. The summed E-state index contributed by atoms with van der Waals surface area (Å²) in [5, 5.41) is 11.7. The minimum atomic E-state index is -1.33. The van der Waals surface area contributed by atoms with Gasteiger partial charge in [0.15, 0.2) is 0 Å². The summed E-state index contributed by atoms with van der Waals surface area (Å²) < 4.78 is 10.6. The molecule has 7 heteroatoms. The Balaban J connectivity index is 1.39. The molecule has 0 spiro atoms. The first-order chi connectivity index (χ1) is 14.5. The fraction of sp³-hybridized carbons (Fsp3) is 0.348. The molecule has 1 saturated heterocycles. The lowest BCUT2D eigenvalue weighted by Gasteiger charge is -2.18. The van der Waals surface area contributed by atoms with Crippen LogP contribution in [0, 0.1) is 5.92 Å². The van der Waals surface area contributed by atoms with Crippen LogP contribution in [0.3, 0.4) is 0 Å². The van der Waals surface area contributed by atoms with Crippen LogP contribution in [0.15, 0.2) is 48.5 Å². The molecule has 0 radical (unpaired) electrons. The number of aliphatic carboxylic acids is 1. The van der Waals surface area contributed by atoms with E-state index in [4.69, 9.17) is 9.47 Å². The summed E-state index contributed by atoms with van der Waals surface area (Å²) in [6.45, 7) is 0.876. The Bertz CT molecular complexity index is 920. The number of fused-ring (bicyclic) bond motifs is 3. The Morgan fingerprint density at radius 2 is 1.70 bits per heavy atom. The largest absolute Gasteiger partial charge is 0.480 e. The van der Waals surface area contributed by atoms with Gasteiger partial charge in [-0.25, -0.2) is 9.59 Å². The number of carbonyl (C=O) groups is 3. The van der Waals surface area contributed by atoms with Crippen molar-refractivity contribution in [1.29, 1.82) is 0 Å². The number of rotatable bonds is 7. The zero-order valence-corrected chi connectivity index (χ0v) is 16.4. The Morgan fingerprint density at radius 3 is 2.27 bits per heavy atom. The fourth-order valence-corrected chi connectivity index (χ4v) is 4.14. The molecule has 2 aromatic carbocycles. The topological polar surface area (TPSA) is 102 Å². The number of benzene rings is 2. The molecule has 4 rings (SSSR count). The summed E-state index contributed by atoms with van der Waals surface area (Å²) in [5.74, 6) is -1.92. The molecule has 2 unspecified atom stereocenters. The molecule has 2 aliphatic rings. The first-order valence-electron chi connectivity index (χ1n) is 9.99. The summed E-state index contributed by atoms with van der Waals surface area (Å²) in [5.41, 5.74) is 4.35. The first-order valence-corrected chi connectivity index (χ1v) is 9.99. The number of amides is 1. The second-order valence-corrected chi connectivity index (χ2v) is 7.59. The van der Waals surface area contributed by atoms with E-state index in [9.17, 15) is 19.5 Å². The number of ether oxygens (including phenoxy) is 2. The highest BCUT2D eigenvalue weighted by atomic mass is 16.5. The van der Waals surface area contributed by atoms with Crippen molar-refractivity contribution in [2.24, 2.45) is 5.92 Å². The van der Waals surface area contributed by atoms with E-state index >= 15 is 0 Å². The molecule has 0 saturated carbocycles. The van der Waals surface area contributed by atoms with E-state index in [-0.39, 0.29) is 30.6 Å². The third-order valence-corrected chi connectivity index (χ3v) is 5.72. The lowest BCUT2D eigenvalue weighted by atomic mass is 9.97. The predicted octanol–water partition coefficient (Wildman–Crippen LogP) is 2.97. The summed E-state index contributed by atoms with van der Waals surface area (Å²) >= 11 is 0. The van der Waals surface area contributed by atoms with Gasteiger partial charge < -0.3 is 19.9 Å². The third-order valence-electron chi connectivity index (χ3n) is 5.72. The smallest absolute Gasteiger partial charge is 0.407 e. The second kappa shape index (κ2) is 8.67. The van der Waals surface area contributed by atoms with Crippen molar-refractivity contribution in [1.82, 2.24) is 5.32 Å². The molecule has 1 amide bonds. The van der Waals surface area contributed by atoms with Crippen LogP contribution in [-0.2, 0) is 19.1 Å². The zero-order chi connectivity index (χ0) is 21.1. The highest BCUT2D eigenvalue weighted by Crippen LogP contribution is 2.44. The summed E-state index contributed by atoms with van der Waals surface area (Å²) in [4.78, 5) is 36.1. The summed E-state index contributed by atoms with van der Waals surface area (Å²) in [7, 11) is 0. The van der Waals surface area contributed by atoms with Gasteiger partial charge in [0.1, 0.15) is 18.4 Å². The van der Waals surface area contributed by atoms with E-state index in [1.54, 1.807) is 0 Å². The van der Waals surface area contributed by atoms with Crippen molar-refractivity contribution in [2.75, 3.05) is 19.8 Å². The Labute approximate surface area is 174 Å². The maximum atomic E-state index is 12.3. The number of alkyl carbamates (subject to hydrolysis) is 1. The molecule has 2 aromatic rings. The zero-order valence-electron chi connectivity index (χ0n) is 16.4.